The average molecular weight is 310 g/mol. The molecule has 1 aromatic heterocycles. The number of anilines is 1. The lowest BCUT2D eigenvalue weighted by Crippen LogP contribution is -2.27. The van der Waals surface area contributed by atoms with E-state index in [-0.39, 0.29) is 16.4 Å². The van der Waals surface area contributed by atoms with E-state index in [0.717, 1.165) is 11.9 Å². The summed E-state index contributed by atoms with van der Waals surface area (Å²) < 4.78 is 23.5. The maximum atomic E-state index is 12.5. The van der Waals surface area contributed by atoms with Crippen LogP contribution < -0.4 is 4.90 Å². The zero-order valence-electron chi connectivity index (χ0n) is 11.3. The molecule has 2 aromatic rings. The summed E-state index contributed by atoms with van der Waals surface area (Å²) in [5.41, 5.74) is 0.978. The van der Waals surface area contributed by atoms with Crippen molar-refractivity contribution in [1.82, 2.24) is 4.98 Å². The first-order valence-corrected chi connectivity index (χ1v) is 8.57. The first-order chi connectivity index (χ1) is 9.30. The molecule has 0 atom stereocenters. The average Bonchev–Trinajstić information content (AvgIpc) is 2.83. The second kappa shape index (κ2) is 5.34. The molecule has 1 aromatic carbocycles. The molecule has 0 N–H and O–H groups in total. The number of hydrogen-bond acceptors (Lipinski definition) is 5. The van der Waals surface area contributed by atoms with Crippen molar-refractivity contribution in [1.29, 1.82) is 0 Å². The number of nitrogens with zero attached hydrogens (tertiary/aromatic N) is 2. The molecular formula is C13H14N2O3S2. The van der Waals surface area contributed by atoms with Gasteiger partial charge in [-0.25, -0.2) is 13.4 Å². The fourth-order valence-electron chi connectivity index (χ4n) is 1.73. The summed E-state index contributed by atoms with van der Waals surface area (Å²) in [7, 11) is -1.87. The first-order valence-electron chi connectivity index (χ1n) is 5.80. The molecule has 0 fully saturated rings. The van der Waals surface area contributed by atoms with Gasteiger partial charge in [-0.3, -0.25) is 9.69 Å². The highest BCUT2D eigenvalue weighted by atomic mass is 32.2. The largest absolute Gasteiger partial charge is 0.287 e. The van der Waals surface area contributed by atoms with Crippen molar-refractivity contribution in [3.63, 3.8) is 0 Å². The lowest BCUT2D eigenvalue weighted by molar-refractivity contribution is 0.0990. The number of hydrogen-bond donors (Lipinski definition) is 0. The van der Waals surface area contributed by atoms with Gasteiger partial charge >= 0.3 is 0 Å². The van der Waals surface area contributed by atoms with Gasteiger partial charge in [0.15, 0.2) is 15.0 Å². The molecule has 0 aliphatic heterocycles. The lowest BCUT2D eigenvalue weighted by Gasteiger charge is -2.15. The summed E-state index contributed by atoms with van der Waals surface area (Å²) in [6.45, 7) is 1.84. The summed E-state index contributed by atoms with van der Waals surface area (Å²) in [6, 6.07) is 6.18. The first kappa shape index (κ1) is 14.7. The molecule has 20 heavy (non-hydrogen) atoms. The Hall–Kier alpha value is -1.73. The monoisotopic (exact) mass is 310 g/mol. The molecule has 106 valence electrons. The van der Waals surface area contributed by atoms with Crippen LogP contribution in [-0.4, -0.2) is 32.6 Å². The molecular weight excluding hydrogens is 296 g/mol. The molecule has 5 nitrogen and oxygen atoms in total. The van der Waals surface area contributed by atoms with Crippen molar-refractivity contribution < 1.29 is 13.2 Å². The zero-order chi connectivity index (χ0) is 14.9. The minimum Gasteiger partial charge on any atom is -0.287 e. The van der Waals surface area contributed by atoms with Gasteiger partial charge in [-0.2, -0.15) is 0 Å². The van der Waals surface area contributed by atoms with Gasteiger partial charge in [-0.15, -0.1) is 11.3 Å². The number of rotatable bonds is 3. The molecule has 0 aliphatic rings. The summed E-state index contributed by atoms with van der Waals surface area (Å²) in [6.07, 6.45) is 1.09. The van der Waals surface area contributed by atoms with Crippen molar-refractivity contribution >= 4 is 32.2 Å². The Labute approximate surface area is 121 Å². The molecule has 0 spiro atoms. The zero-order valence-corrected chi connectivity index (χ0v) is 13.0. The molecule has 0 radical (unpaired) electrons. The second-order valence-corrected chi connectivity index (χ2v) is 7.22. The van der Waals surface area contributed by atoms with E-state index in [2.05, 4.69) is 4.98 Å². The third-order valence-corrected chi connectivity index (χ3v) is 4.91. The van der Waals surface area contributed by atoms with Crippen LogP contribution in [0.15, 0.2) is 34.5 Å². The predicted octanol–water partition coefficient (Wildman–Crippen LogP) is 2.13. The molecule has 1 amide bonds. The highest BCUT2D eigenvalue weighted by Crippen LogP contribution is 2.23. The second-order valence-electron chi connectivity index (χ2n) is 4.40. The Morgan fingerprint density at radius 3 is 2.50 bits per heavy atom. The summed E-state index contributed by atoms with van der Waals surface area (Å²) in [5.74, 6) is -0.389. The van der Waals surface area contributed by atoms with Crippen molar-refractivity contribution in [2.75, 3.05) is 18.2 Å². The lowest BCUT2D eigenvalue weighted by atomic mass is 10.2. The van der Waals surface area contributed by atoms with E-state index in [1.165, 1.54) is 28.4 Å². The van der Waals surface area contributed by atoms with Crippen LogP contribution >= 0.6 is 11.3 Å². The van der Waals surface area contributed by atoms with Gasteiger partial charge in [0, 0.05) is 18.7 Å². The third kappa shape index (κ3) is 2.88. The van der Waals surface area contributed by atoms with Crippen molar-refractivity contribution in [3.05, 3.63) is 40.9 Å². The Kier molecular flexibility index (Phi) is 3.92. The molecule has 0 saturated carbocycles. The van der Waals surface area contributed by atoms with Crippen LogP contribution in [0.25, 0.3) is 0 Å². The highest BCUT2D eigenvalue weighted by molar-refractivity contribution is 7.90. The summed E-state index contributed by atoms with van der Waals surface area (Å²) >= 11 is 1.34. The third-order valence-electron chi connectivity index (χ3n) is 2.72. The molecule has 2 rings (SSSR count). The Bertz CT molecular complexity index is 750. The minimum absolute atomic E-state index is 0.0325. The van der Waals surface area contributed by atoms with E-state index in [9.17, 15) is 13.2 Å². The number of carbonyl (C=O) groups excluding carboxylic acids is 1. The molecule has 7 heteroatoms. The van der Waals surface area contributed by atoms with Gasteiger partial charge in [0.2, 0.25) is 0 Å². The number of aryl methyl sites for hydroxylation is 1. The maximum Gasteiger partial charge on any atom is 0.261 e. The fraction of sp³-hybridized carbons (Fsp3) is 0.231. The number of carbonyl (C=O) groups is 1. The number of aromatic nitrogens is 1. The Morgan fingerprint density at radius 1 is 1.30 bits per heavy atom. The summed E-state index contributed by atoms with van der Waals surface area (Å²) in [4.78, 5) is 18.1. The van der Waals surface area contributed by atoms with Crippen LogP contribution in [-0.2, 0) is 9.84 Å². The van der Waals surface area contributed by atoms with E-state index >= 15 is 0 Å². The minimum atomic E-state index is -3.45. The molecule has 0 saturated heterocycles. The molecule has 1 heterocycles. The van der Waals surface area contributed by atoms with Crippen molar-refractivity contribution in [2.45, 2.75) is 11.8 Å². The number of benzene rings is 1. The fourth-order valence-corrected chi connectivity index (χ4v) is 3.38. The number of amides is 1. The molecule has 0 bridgehead atoms. The quantitative estimate of drug-likeness (QED) is 0.871. The van der Waals surface area contributed by atoms with Gasteiger partial charge in [0.05, 0.1) is 16.2 Å². The van der Waals surface area contributed by atoms with Gasteiger partial charge in [0.25, 0.3) is 5.91 Å². The molecule has 0 aliphatic carbocycles. The van der Waals surface area contributed by atoms with Gasteiger partial charge < -0.3 is 0 Å². The standard InChI is InChI=1S/C13H14N2O3S2/c1-9-8-19-13(14-9)15(2)12(16)10-6-4-5-7-11(10)20(3,17)18/h4-8H,1-3H3. The summed E-state index contributed by atoms with van der Waals surface area (Å²) in [5, 5.41) is 2.37. The van der Waals surface area contributed by atoms with Crippen LogP contribution in [0.2, 0.25) is 0 Å². The van der Waals surface area contributed by atoms with Gasteiger partial charge in [-0.1, -0.05) is 12.1 Å². The van der Waals surface area contributed by atoms with Gasteiger partial charge in [0.1, 0.15) is 0 Å². The van der Waals surface area contributed by atoms with E-state index < -0.39 is 9.84 Å². The van der Waals surface area contributed by atoms with E-state index in [4.69, 9.17) is 0 Å². The Balaban J connectivity index is 2.44. The van der Waals surface area contributed by atoms with Crippen molar-refractivity contribution in [3.8, 4) is 0 Å². The SMILES string of the molecule is Cc1csc(N(C)C(=O)c2ccccc2S(C)(=O)=O)n1. The molecule has 0 unspecified atom stereocenters. The van der Waals surface area contributed by atoms with Crippen LogP contribution in [0.5, 0.6) is 0 Å². The van der Waals surface area contributed by atoms with Crippen LogP contribution in [0.1, 0.15) is 16.1 Å². The predicted molar refractivity (Wildman–Crippen MR) is 79.1 cm³/mol. The number of thiazole rings is 1. The van der Waals surface area contributed by atoms with E-state index in [1.807, 2.05) is 12.3 Å². The van der Waals surface area contributed by atoms with E-state index in [1.54, 1.807) is 19.2 Å². The van der Waals surface area contributed by atoms with E-state index in [0.29, 0.717) is 5.13 Å². The Morgan fingerprint density at radius 2 is 1.95 bits per heavy atom. The number of sulfone groups is 1. The topological polar surface area (TPSA) is 67.3 Å². The van der Waals surface area contributed by atoms with Crippen molar-refractivity contribution in [2.24, 2.45) is 0 Å². The van der Waals surface area contributed by atoms with Gasteiger partial charge in [-0.05, 0) is 19.1 Å². The van der Waals surface area contributed by atoms with Crippen LogP contribution in [0.4, 0.5) is 5.13 Å². The maximum absolute atomic E-state index is 12.5. The normalized spacial score (nSPS) is 11.3. The van der Waals surface area contributed by atoms with Crippen LogP contribution in [0, 0.1) is 6.92 Å². The smallest absolute Gasteiger partial charge is 0.261 e. The van der Waals surface area contributed by atoms with Crippen LogP contribution in [0.3, 0.4) is 0 Å². The highest BCUT2D eigenvalue weighted by Gasteiger charge is 2.22.